The molecule has 1 atom stereocenters. The molecule has 4 rings (SSSR count). The Morgan fingerprint density at radius 2 is 2.17 bits per heavy atom. The van der Waals surface area contributed by atoms with Crippen LogP contribution in [0.3, 0.4) is 0 Å². The molecule has 6 nitrogen and oxygen atoms in total. The third kappa shape index (κ3) is 4.17. The Labute approximate surface area is 170 Å². The fourth-order valence-corrected chi connectivity index (χ4v) is 3.88. The highest BCUT2D eigenvalue weighted by Gasteiger charge is 2.42. The Hall–Kier alpha value is -3.12. The molecular formula is C23H25N3O3. The van der Waals surface area contributed by atoms with Crippen LogP contribution < -0.4 is 10.1 Å². The molecule has 0 aliphatic carbocycles. The average molecular weight is 391 g/mol. The molecule has 150 valence electrons. The number of carbonyl (C=O) groups excluding carboxylic acids is 1. The maximum Gasteiger partial charge on any atom is 0.252 e. The van der Waals surface area contributed by atoms with Crippen LogP contribution in [0.2, 0.25) is 0 Å². The van der Waals surface area contributed by atoms with E-state index in [1.807, 2.05) is 36.4 Å². The normalized spacial score (nSPS) is 18.5. The fraction of sp³-hybridized carbons (Fsp3) is 0.304. The quantitative estimate of drug-likeness (QED) is 0.646. The smallest absolute Gasteiger partial charge is 0.252 e. The summed E-state index contributed by atoms with van der Waals surface area (Å²) in [5.74, 6) is 1.46. The van der Waals surface area contributed by atoms with Gasteiger partial charge in [0.15, 0.2) is 5.60 Å². The predicted octanol–water partition coefficient (Wildman–Crippen LogP) is 3.49. The van der Waals surface area contributed by atoms with Crippen LogP contribution in [0.4, 0.5) is 0 Å². The monoisotopic (exact) mass is 391 g/mol. The molecule has 0 bridgehead atoms. The topological polar surface area (TPSA) is 76.2 Å². The molecule has 29 heavy (non-hydrogen) atoms. The minimum absolute atomic E-state index is 0.0888. The van der Waals surface area contributed by atoms with Crippen LogP contribution in [0.5, 0.6) is 5.75 Å². The lowest BCUT2D eigenvalue weighted by Crippen LogP contribution is -2.47. The van der Waals surface area contributed by atoms with Crippen LogP contribution in [0, 0.1) is 0 Å². The van der Waals surface area contributed by atoms with E-state index in [0.29, 0.717) is 26.0 Å². The van der Waals surface area contributed by atoms with E-state index >= 15 is 0 Å². The molecule has 0 unspecified atom stereocenters. The zero-order valence-electron chi connectivity index (χ0n) is 16.5. The first-order valence-electron chi connectivity index (χ1n) is 9.83. The van der Waals surface area contributed by atoms with Gasteiger partial charge in [0.1, 0.15) is 11.6 Å². The van der Waals surface area contributed by atoms with E-state index in [4.69, 9.17) is 9.47 Å². The van der Waals surface area contributed by atoms with E-state index < -0.39 is 5.60 Å². The van der Waals surface area contributed by atoms with Gasteiger partial charge in [-0.2, -0.15) is 0 Å². The number of nitrogens with one attached hydrogen (secondary N) is 2. The first-order chi connectivity index (χ1) is 14.2. The summed E-state index contributed by atoms with van der Waals surface area (Å²) in [6, 6.07) is 16.2. The fourth-order valence-electron chi connectivity index (χ4n) is 3.88. The van der Waals surface area contributed by atoms with Gasteiger partial charge in [-0.15, -0.1) is 0 Å². The number of nitrogens with zero attached hydrogens (tertiary/aromatic N) is 1. The maximum atomic E-state index is 13.0. The van der Waals surface area contributed by atoms with Gasteiger partial charge in [-0.05, 0) is 30.0 Å². The number of aromatic nitrogens is 2. The molecule has 1 fully saturated rings. The van der Waals surface area contributed by atoms with Crippen molar-refractivity contribution in [3.8, 4) is 16.9 Å². The highest BCUT2D eigenvalue weighted by atomic mass is 16.5. The third-order valence-corrected chi connectivity index (χ3v) is 5.32. The van der Waals surface area contributed by atoms with Crippen LogP contribution in [0.1, 0.15) is 24.2 Å². The Morgan fingerprint density at radius 1 is 1.28 bits per heavy atom. The van der Waals surface area contributed by atoms with E-state index in [1.165, 1.54) is 0 Å². The minimum Gasteiger partial charge on any atom is -0.496 e. The summed E-state index contributed by atoms with van der Waals surface area (Å²) in [5.41, 5.74) is 2.31. The van der Waals surface area contributed by atoms with Crippen LogP contribution >= 0.6 is 0 Å². The molecule has 1 saturated heterocycles. The zero-order valence-corrected chi connectivity index (χ0v) is 16.5. The number of aromatic amines is 1. The Kier molecular flexibility index (Phi) is 5.62. The highest BCUT2D eigenvalue weighted by molar-refractivity contribution is 5.86. The van der Waals surface area contributed by atoms with Crippen molar-refractivity contribution in [3.63, 3.8) is 0 Å². The van der Waals surface area contributed by atoms with Gasteiger partial charge in [-0.1, -0.05) is 42.5 Å². The summed E-state index contributed by atoms with van der Waals surface area (Å²) < 4.78 is 11.5. The van der Waals surface area contributed by atoms with Gasteiger partial charge in [0.2, 0.25) is 0 Å². The first-order valence-corrected chi connectivity index (χ1v) is 9.83. The zero-order chi connectivity index (χ0) is 20.1. The third-order valence-electron chi connectivity index (χ3n) is 5.32. The maximum absolute atomic E-state index is 13.0. The molecule has 1 amide bonds. The van der Waals surface area contributed by atoms with E-state index in [1.54, 1.807) is 19.5 Å². The number of para-hydroxylation sites is 1. The van der Waals surface area contributed by atoms with Gasteiger partial charge in [-0.25, -0.2) is 4.98 Å². The Morgan fingerprint density at radius 3 is 2.93 bits per heavy atom. The van der Waals surface area contributed by atoms with Crippen LogP contribution in [0.15, 0.2) is 60.9 Å². The highest BCUT2D eigenvalue weighted by Crippen LogP contribution is 2.33. The molecule has 2 N–H and O–H groups in total. The second kappa shape index (κ2) is 8.49. The number of carbonyl (C=O) groups is 1. The number of amides is 1. The van der Waals surface area contributed by atoms with Crippen molar-refractivity contribution < 1.29 is 14.3 Å². The average Bonchev–Trinajstić information content (AvgIpc) is 3.45. The lowest BCUT2D eigenvalue weighted by Gasteiger charge is -2.27. The molecule has 1 aliphatic heterocycles. The van der Waals surface area contributed by atoms with Gasteiger partial charge in [0.05, 0.1) is 13.7 Å². The SMILES string of the molecule is COc1ccccc1-c1cccc(C[C@@]2(C(=O)NCc3ncc[nH]3)CCCO2)c1. The Balaban J connectivity index is 1.55. The van der Waals surface area contributed by atoms with Crippen molar-refractivity contribution in [2.24, 2.45) is 0 Å². The number of H-pyrrole nitrogens is 1. The molecule has 0 spiro atoms. The van der Waals surface area contributed by atoms with Gasteiger partial charge in [0.25, 0.3) is 5.91 Å². The number of hydrogen-bond donors (Lipinski definition) is 2. The molecule has 0 saturated carbocycles. The molecule has 3 aromatic rings. The number of imidazole rings is 1. The van der Waals surface area contributed by atoms with E-state index in [0.717, 1.165) is 34.7 Å². The molecular weight excluding hydrogens is 366 g/mol. The molecule has 2 aromatic carbocycles. The number of methoxy groups -OCH3 is 1. The van der Waals surface area contributed by atoms with Crippen LogP contribution in [-0.2, 0) is 22.5 Å². The predicted molar refractivity (Wildman–Crippen MR) is 110 cm³/mol. The summed E-state index contributed by atoms with van der Waals surface area (Å²) in [6.45, 7) is 0.957. The lowest BCUT2D eigenvalue weighted by atomic mass is 9.89. The molecule has 6 heteroatoms. The van der Waals surface area contributed by atoms with Crippen LogP contribution in [-0.4, -0.2) is 35.2 Å². The minimum atomic E-state index is -0.841. The van der Waals surface area contributed by atoms with Crippen molar-refractivity contribution in [1.29, 1.82) is 0 Å². The molecule has 1 aliphatic rings. The van der Waals surface area contributed by atoms with Gasteiger partial charge in [-0.3, -0.25) is 4.79 Å². The summed E-state index contributed by atoms with van der Waals surface area (Å²) >= 11 is 0. The summed E-state index contributed by atoms with van der Waals surface area (Å²) in [6.07, 6.45) is 5.52. The van der Waals surface area contributed by atoms with Crippen molar-refractivity contribution in [3.05, 3.63) is 72.3 Å². The second-order valence-electron chi connectivity index (χ2n) is 7.24. The molecule has 2 heterocycles. The molecule has 0 radical (unpaired) electrons. The summed E-state index contributed by atoms with van der Waals surface area (Å²) in [4.78, 5) is 20.2. The van der Waals surface area contributed by atoms with Crippen molar-refractivity contribution >= 4 is 5.91 Å². The van der Waals surface area contributed by atoms with Gasteiger partial charge >= 0.3 is 0 Å². The molecule has 1 aromatic heterocycles. The van der Waals surface area contributed by atoms with Crippen molar-refractivity contribution in [2.75, 3.05) is 13.7 Å². The number of ether oxygens (including phenoxy) is 2. The lowest BCUT2D eigenvalue weighted by molar-refractivity contribution is -0.141. The number of benzene rings is 2. The van der Waals surface area contributed by atoms with E-state index in [2.05, 4.69) is 27.4 Å². The van der Waals surface area contributed by atoms with Crippen LogP contribution in [0.25, 0.3) is 11.1 Å². The first kappa shape index (κ1) is 19.2. The Bertz CT molecular complexity index is 963. The number of hydrogen-bond acceptors (Lipinski definition) is 4. The van der Waals surface area contributed by atoms with E-state index in [9.17, 15) is 4.79 Å². The van der Waals surface area contributed by atoms with Gasteiger partial charge < -0.3 is 19.8 Å². The van der Waals surface area contributed by atoms with Gasteiger partial charge in [0, 0.05) is 31.0 Å². The number of rotatable bonds is 7. The van der Waals surface area contributed by atoms with Crippen molar-refractivity contribution in [1.82, 2.24) is 15.3 Å². The second-order valence-corrected chi connectivity index (χ2v) is 7.24. The van der Waals surface area contributed by atoms with Crippen molar-refractivity contribution in [2.45, 2.75) is 31.4 Å². The van der Waals surface area contributed by atoms with E-state index in [-0.39, 0.29) is 5.91 Å². The largest absolute Gasteiger partial charge is 0.496 e. The summed E-state index contributed by atoms with van der Waals surface area (Å²) in [5, 5.41) is 2.97. The standard InChI is InChI=1S/C23H25N3O3/c1-28-20-9-3-2-8-19(20)18-7-4-6-17(14-18)15-23(10-5-13-29-23)22(27)26-16-21-24-11-12-25-21/h2-4,6-9,11-12,14H,5,10,13,15-16H2,1H3,(H,24,25)(H,26,27)/t23-/m1/s1. The summed E-state index contributed by atoms with van der Waals surface area (Å²) in [7, 11) is 1.67.